The zero-order valence-electron chi connectivity index (χ0n) is 12.6. The molecular formula is C17H33N. The molecule has 0 aromatic rings. The molecule has 0 radical (unpaired) electrons. The Balaban J connectivity index is 2.00. The summed E-state index contributed by atoms with van der Waals surface area (Å²) in [5, 5.41) is 3.65. The molecular weight excluding hydrogens is 218 g/mol. The fourth-order valence-electron chi connectivity index (χ4n) is 2.41. The van der Waals surface area contributed by atoms with Crippen LogP contribution in [0.25, 0.3) is 0 Å². The number of hydrogen-bond donors (Lipinski definition) is 1. The molecule has 0 aliphatic heterocycles. The van der Waals surface area contributed by atoms with E-state index >= 15 is 0 Å². The van der Waals surface area contributed by atoms with Gasteiger partial charge in [-0.3, -0.25) is 0 Å². The van der Waals surface area contributed by atoms with Crippen LogP contribution in [0.2, 0.25) is 0 Å². The highest BCUT2D eigenvalue weighted by atomic mass is 15.0. The third kappa shape index (κ3) is 7.20. The van der Waals surface area contributed by atoms with Crippen LogP contribution in [-0.2, 0) is 0 Å². The van der Waals surface area contributed by atoms with Crippen molar-refractivity contribution in [2.75, 3.05) is 6.54 Å². The highest BCUT2D eigenvalue weighted by Gasteiger charge is 2.25. The lowest BCUT2D eigenvalue weighted by Gasteiger charge is -2.26. The van der Waals surface area contributed by atoms with Crippen LogP contribution in [0.5, 0.6) is 0 Å². The SMILES string of the molecule is C=CC(C)(CCCCCCCCC)CNC1CC1. The van der Waals surface area contributed by atoms with Crippen LogP contribution in [0.1, 0.15) is 78.1 Å². The van der Waals surface area contributed by atoms with E-state index in [1.54, 1.807) is 0 Å². The normalized spacial score (nSPS) is 18.6. The molecule has 0 heterocycles. The first-order valence-corrected chi connectivity index (χ1v) is 8.07. The summed E-state index contributed by atoms with van der Waals surface area (Å²) in [5.74, 6) is 0. The molecule has 1 N–H and O–H groups in total. The van der Waals surface area contributed by atoms with Gasteiger partial charge in [0.2, 0.25) is 0 Å². The Morgan fingerprint density at radius 3 is 2.28 bits per heavy atom. The maximum absolute atomic E-state index is 4.03. The van der Waals surface area contributed by atoms with E-state index in [0.29, 0.717) is 5.41 Å². The van der Waals surface area contributed by atoms with Crippen molar-refractivity contribution in [2.45, 2.75) is 84.1 Å². The van der Waals surface area contributed by atoms with Gasteiger partial charge < -0.3 is 5.32 Å². The molecule has 1 saturated carbocycles. The van der Waals surface area contributed by atoms with Crippen molar-refractivity contribution >= 4 is 0 Å². The number of hydrogen-bond acceptors (Lipinski definition) is 1. The van der Waals surface area contributed by atoms with Crippen LogP contribution in [0, 0.1) is 5.41 Å². The number of rotatable bonds is 12. The second-order valence-electron chi connectivity index (χ2n) is 6.38. The maximum atomic E-state index is 4.03. The molecule has 18 heavy (non-hydrogen) atoms. The molecule has 1 rings (SSSR count). The van der Waals surface area contributed by atoms with E-state index in [-0.39, 0.29) is 0 Å². The predicted molar refractivity (Wildman–Crippen MR) is 81.9 cm³/mol. The fraction of sp³-hybridized carbons (Fsp3) is 0.882. The molecule has 1 aliphatic rings. The molecule has 1 nitrogen and oxygen atoms in total. The lowest BCUT2D eigenvalue weighted by Crippen LogP contribution is -2.31. The van der Waals surface area contributed by atoms with Crippen LogP contribution in [-0.4, -0.2) is 12.6 Å². The molecule has 1 unspecified atom stereocenters. The zero-order valence-corrected chi connectivity index (χ0v) is 12.6. The standard InChI is InChI=1S/C17H33N/c1-4-6-7-8-9-10-11-14-17(3,5-2)15-18-16-12-13-16/h5,16,18H,2,4,6-15H2,1,3H3. The van der Waals surface area contributed by atoms with Crippen LogP contribution < -0.4 is 5.32 Å². The van der Waals surface area contributed by atoms with E-state index in [1.807, 2.05) is 0 Å². The first-order chi connectivity index (χ1) is 8.70. The van der Waals surface area contributed by atoms with Gasteiger partial charge >= 0.3 is 0 Å². The maximum Gasteiger partial charge on any atom is 0.00685 e. The van der Waals surface area contributed by atoms with Crippen molar-refractivity contribution in [3.63, 3.8) is 0 Å². The summed E-state index contributed by atoms with van der Waals surface area (Å²) >= 11 is 0. The minimum absolute atomic E-state index is 0.312. The van der Waals surface area contributed by atoms with E-state index < -0.39 is 0 Å². The van der Waals surface area contributed by atoms with Gasteiger partial charge in [-0.15, -0.1) is 6.58 Å². The summed E-state index contributed by atoms with van der Waals surface area (Å²) in [6, 6.07) is 0.818. The molecule has 0 saturated heterocycles. The van der Waals surface area contributed by atoms with Gasteiger partial charge in [0.05, 0.1) is 0 Å². The third-order valence-corrected chi connectivity index (χ3v) is 4.22. The second-order valence-corrected chi connectivity index (χ2v) is 6.38. The molecule has 0 bridgehead atoms. The van der Waals surface area contributed by atoms with Crippen molar-refractivity contribution in [3.8, 4) is 0 Å². The minimum Gasteiger partial charge on any atom is -0.313 e. The van der Waals surface area contributed by atoms with E-state index in [2.05, 4.69) is 31.8 Å². The lowest BCUT2D eigenvalue weighted by atomic mass is 9.84. The Morgan fingerprint density at radius 2 is 1.72 bits per heavy atom. The summed E-state index contributed by atoms with van der Waals surface area (Å²) in [6.07, 6.45) is 16.0. The first kappa shape index (κ1) is 15.8. The molecule has 1 heteroatoms. The quantitative estimate of drug-likeness (QED) is 0.377. The van der Waals surface area contributed by atoms with E-state index in [0.717, 1.165) is 12.6 Å². The highest BCUT2D eigenvalue weighted by Crippen LogP contribution is 2.27. The first-order valence-electron chi connectivity index (χ1n) is 8.07. The Labute approximate surface area is 114 Å². The van der Waals surface area contributed by atoms with Crippen LogP contribution >= 0.6 is 0 Å². The molecule has 0 spiro atoms. The Kier molecular flexibility index (Phi) is 7.65. The van der Waals surface area contributed by atoms with Crippen molar-refractivity contribution in [2.24, 2.45) is 5.41 Å². The second kappa shape index (κ2) is 8.74. The van der Waals surface area contributed by atoms with Gasteiger partial charge in [-0.2, -0.15) is 0 Å². The van der Waals surface area contributed by atoms with E-state index in [4.69, 9.17) is 0 Å². The lowest BCUT2D eigenvalue weighted by molar-refractivity contribution is 0.346. The summed E-state index contributed by atoms with van der Waals surface area (Å²) in [4.78, 5) is 0. The van der Waals surface area contributed by atoms with Gasteiger partial charge in [0.25, 0.3) is 0 Å². The molecule has 0 aromatic heterocycles. The molecule has 106 valence electrons. The van der Waals surface area contributed by atoms with Gasteiger partial charge in [0, 0.05) is 12.6 Å². The van der Waals surface area contributed by atoms with Crippen molar-refractivity contribution in [3.05, 3.63) is 12.7 Å². The topological polar surface area (TPSA) is 12.0 Å². The monoisotopic (exact) mass is 251 g/mol. The summed E-state index contributed by atoms with van der Waals surface area (Å²) in [7, 11) is 0. The summed E-state index contributed by atoms with van der Waals surface area (Å²) in [5.41, 5.74) is 0.312. The Morgan fingerprint density at radius 1 is 1.11 bits per heavy atom. The predicted octanol–water partition coefficient (Wildman–Crippen LogP) is 5.07. The summed E-state index contributed by atoms with van der Waals surface area (Å²) in [6.45, 7) is 9.79. The molecule has 1 aliphatic carbocycles. The van der Waals surface area contributed by atoms with E-state index in [9.17, 15) is 0 Å². The molecule has 1 fully saturated rings. The van der Waals surface area contributed by atoms with Gasteiger partial charge in [-0.1, -0.05) is 64.9 Å². The van der Waals surface area contributed by atoms with Crippen molar-refractivity contribution < 1.29 is 0 Å². The minimum atomic E-state index is 0.312. The smallest absolute Gasteiger partial charge is 0.00685 e. The highest BCUT2D eigenvalue weighted by molar-refractivity contribution is 4.95. The Hall–Kier alpha value is -0.300. The molecule has 0 aromatic carbocycles. The number of nitrogens with one attached hydrogen (secondary N) is 1. The van der Waals surface area contributed by atoms with Crippen LogP contribution in [0.15, 0.2) is 12.7 Å². The van der Waals surface area contributed by atoms with Crippen molar-refractivity contribution in [1.82, 2.24) is 5.32 Å². The molecule has 0 amide bonds. The van der Waals surface area contributed by atoms with Gasteiger partial charge in [0.15, 0.2) is 0 Å². The van der Waals surface area contributed by atoms with Crippen LogP contribution in [0.4, 0.5) is 0 Å². The zero-order chi connectivity index (χ0) is 13.3. The fourth-order valence-corrected chi connectivity index (χ4v) is 2.41. The summed E-state index contributed by atoms with van der Waals surface area (Å²) < 4.78 is 0. The average Bonchev–Trinajstić information content (AvgIpc) is 3.19. The average molecular weight is 251 g/mol. The van der Waals surface area contributed by atoms with Crippen LogP contribution in [0.3, 0.4) is 0 Å². The van der Waals surface area contributed by atoms with Gasteiger partial charge in [0.1, 0.15) is 0 Å². The molecule has 1 atom stereocenters. The van der Waals surface area contributed by atoms with Gasteiger partial charge in [-0.05, 0) is 24.7 Å². The van der Waals surface area contributed by atoms with Gasteiger partial charge in [-0.25, -0.2) is 0 Å². The van der Waals surface area contributed by atoms with E-state index in [1.165, 1.54) is 64.2 Å². The third-order valence-electron chi connectivity index (χ3n) is 4.22. The Bertz CT molecular complexity index is 220. The number of unbranched alkanes of at least 4 members (excludes halogenated alkanes) is 6. The largest absolute Gasteiger partial charge is 0.313 e. The van der Waals surface area contributed by atoms with Crippen molar-refractivity contribution in [1.29, 1.82) is 0 Å².